The lowest BCUT2D eigenvalue weighted by Crippen LogP contribution is -2.50. The molecule has 144 valence electrons. The standard InChI is InChI=1S/C21H27N3O3/c1-3-22-21(26)24-14-17(20(25)23-13-18-8-5-11-27-18)9-10-19(24)16-7-4-6-15(2)12-16/h4-8,11-12,17,19H,3,9-10,13-14H2,1-2H3,(H,22,26)(H,23,25). The highest BCUT2D eigenvalue weighted by atomic mass is 16.3. The summed E-state index contributed by atoms with van der Waals surface area (Å²) in [7, 11) is 0. The van der Waals surface area contributed by atoms with Crippen molar-refractivity contribution >= 4 is 11.9 Å². The van der Waals surface area contributed by atoms with Crippen LogP contribution in [0.5, 0.6) is 0 Å². The Balaban J connectivity index is 1.70. The molecule has 2 unspecified atom stereocenters. The third kappa shape index (κ3) is 4.70. The lowest BCUT2D eigenvalue weighted by Gasteiger charge is -2.39. The van der Waals surface area contributed by atoms with E-state index in [1.54, 1.807) is 17.2 Å². The van der Waals surface area contributed by atoms with Gasteiger partial charge in [0.1, 0.15) is 5.76 Å². The van der Waals surface area contributed by atoms with Crippen LogP contribution in [0.2, 0.25) is 0 Å². The number of nitrogens with one attached hydrogen (secondary N) is 2. The minimum absolute atomic E-state index is 0.00873. The molecule has 1 aliphatic heterocycles. The van der Waals surface area contributed by atoms with E-state index in [0.717, 1.165) is 24.2 Å². The number of amides is 3. The summed E-state index contributed by atoms with van der Waals surface area (Å²) in [5, 5.41) is 5.80. The highest BCUT2D eigenvalue weighted by Crippen LogP contribution is 2.34. The average molecular weight is 369 g/mol. The summed E-state index contributed by atoms with van der Waals surface area (Å²) in [5.41, 5.74) is 2.29. The van der Waals surface area contributed by atoms with Gasteiger partial charge >= 0.3 is 6.03 Å². The smallest absolute Gasteiger partial charge is 0.317 e. The molecule has 3 rings (SSSR count). The summed E-state index contributed by atoms with van der Waals surface area (Å²) in [6, 6.07) is 11.7. The first-order valence-electron chi connectivity index (χ1n) is 9.49. The third-order valence-electron chi connectivity index (χ3n) is 4.99. The van der Waals surface area contributed by atoms with Crippen molar-refractivity contribution in [3.8, 4) is 0 Å². The predicted molar refractivity (Wildman–Crippen MR) is 103 cm³/mol. The molecule has 27 heavy (non-hydrogen) atoms. The third-order valence-corrected chi connectivity index (χ3v) is 4.99. The van der Waals surface area contributed by atoms with Crippen LogP contribution < -0.4 is 10.6 Å². The van der Waals surface area contributed by atoms with Crippen molar-refractivity contribution in [2.75, 3.05) is 13.1 Å². The molecule has 6 nitrogen and oxygen atoms in total. The summed E-state index contributed by atoms with van der Waals surface area (Å²) in [5.74, 6) is 0.462. The van der Waals surface area contributed by atoms with E-state index in [9.17, 15) is 9.59 Å². The largest absolute Gasteiger partial charge is 0.467 e. The fraction of sp³-hybridized carbons (Fsp3) is 0.429. The van der Waals surface area contributed by atoms with Crippen molar-refractivity contribution in [3.63, 3.8) is 0 Å². The van der Waals surface area contributed by atoms with Gasteiger partial charge in [-0.1, -0.05) is 29.8 Å². The van der Waals surface area contributed by atoms with Crippen molar-refractivity contribution in [1.82, 2.24) is 15.5 Å². The van der Waals surface area contributed by atoms with E-state index in [1.165, 1.54) is 5.56 Å². The molecule has 0 aliphatic carbocycles. The molecule has 2 N–H and O–H groups in total. The summed E-state index contributed by atoms with van der Waals surface area (Å²) < 4.78 is 5.26. The number of hydrogen-bond acceptors (Lipinski definition) is 3. The van der Waals surface area contributed by atoms with Crippen LogP contribution >= 0.6 is 0 Å². The molecule has 0 spiro atoms. The molecule has 0 radical (unpaired) electrons. The minimum Gasteiger partial charge on any atom is -0.467 e. The molecule has 1 fully saturated rings. The number of piperidine rings is 1. The Morgan fingerprint density at radius 1 is 1.19 bits per heavy atom. The number of furan rings is 1. The van der Waals surface area contributed by atoms with E-state index in [2.05, 4.69) is 22.8 Å². The Bertz CT molecular complexity index is 773. The molecule has 3 amide bonds. The molecule has 2 aromatic rings. The highest BCUT2D eigenvalue weighted by Gasteiger charge is 2.35. The van der Waals surface area contributed by atoms with Gasteiger partial charge in [0.25, 0.3) is 0 Å². The molecule has 0 saturated carbocycles. The van der Waals surface area contributed by atoms with Crippen LogP contribution in [0.25, 0.3) is 0 Å². The van der Waals surface area contributed by atoms with Gasteiger partial charge in [-0.25, -0.2) is 4.79 Å². The molecule has 1 aliphatic rings. The monoisotopic (exact) mass is 369 g/mol. The zero-order chi connectivity index (χ0) is 19.2. The van der Waals surface area contributed by atoms with E-state index in [0.29, 0.717) is 19.6 Å². The van der Waals surface area contributed by atoms with Gasteiger partial charge in [-0.2, -0.15) is 0 Å². The number of urea groups is 1. The van der Waals surface area contributed by atoms with Crippen molar-refractivity contribution in [1.29, 1.82) is 0 Å². The van der Waals surface area contributed by atoms with Gasteiger partial charge in [0.15, 0.2) is 0 Å². The molecule has 0 bridgehead atoms. The zero-order valence-corrected chi connectivity index (χ0v) is 15.9. The van der Waals surface area contributed by atoms with Gasteiger partial charge in [0, 0.05) is 13.1 Å². The van der Waals surface area contributed by atoms with Gasteiger partial charge in [0.2, 0.25) is 5.91 Å². The van der Waals surface area contributed by atoms with Gasteiger partial charge in [0.05, 0.1) is 24.8 Å². The molecule has 2 atom stereocenters. The lowest BCUT2D eigenvalue weighted by molar-refractivity contribution is -0.127. The Morgan fingerprint density at radius 3 is 2.74 bits per heavy atom. The zero-order valence-electron chi connectivity index (χ0n) is 15.9. The number of hydrogen-bond donors (Lipinski definition) is 2. The fourth-order valence-corrected chi connectivity index (χ4v) is 3.62. The lowest BCUT2D eigenvalue weighted by atomic mass is 9.88. The predicted octanol–water partition coefficient (Wildman–Crippen LogP) is 3.39. The number of carbonyl (C=O) groups excluding carboxylic acids is 2. The molecule has 2 heterocycles. The number of benzene rings is 1. The van der Waals surface area contributed by atoms with Crippen LogP contribution in [0, 0.1) is 12.8 Å². The fourth-order valence-electron chi connectivity index (χ4n) is 3.62. The van der Waals surface area contributed by atoms with Gasteiger partial charge in [-0.3, -0.25) is 4.79 Å². The Morgan fingerprint density at radius 2 is 2.04 bits per heavy atom. The highest BCUT2D eigenvalue weighted by molar-refractivity contribution is 5.81. The van der Waals surface area contributed by atoms with Gasteiger partial charge < -0.3 is 20.0 Å². The van der Waals surface area contributed by atoms with Crippen LogP contribution in [0.4, 0.5) is 4.79 Å². The average Bonchev–Trinajstić information content (AvgIpc) is 3.19. The molecule has 1 aromatic carbocycles. The maximum atomic E-state index is 12.6. The van der Waals surface area contributed by atoms with Crippen LogP contribution in [0.3, 0.4) is 0 Å². The Hall–Kier alpha value is -2.76. The summed E-state index contributed by atoms with van der Waals surface area (Å²) in [6.07, 6.45) is 3.10. The first-order chi connectivity index (χ1) is 13.1. The topological polar surface area (TPSA) is 74.6 Å². The molecule has 6 heteroatoms. The van der Waals surface area contributed by atoms with Crippen molar-refractivity contribution in [3.05, 3.63) is 59.5 Å². The summed E-state index contributed by atoms with van der Waals surface area (Å²) in [4.78, 5) is 27.1. The molecular weight excluding hydrogens is 342 g/mol. The van der Waals surface area contributed by atoms with Gasteiger partial charge in [-0.15, -0.1) is 0 Å². The minimum atomic E-state index is -0.219. The van der Waals surface area contributed by atoms with E-state index in [-0.39, 0.29) is 23.9 Å². The van der Waals surface area contributed by atoms with Crippen LogP contribution in [0.15, 0.2) is 47.1 Å². The Labute approximate surface area is 159 Å². The molecular formula is C21H27N3O3. The first kappa shape index (κ1) is 19.0. The van der Waals surface area contributed by atoms with Crippen molar-refractivity contribution < 1.29 is 14.0 Å². The normalized spacial score (nSPS) is 19.6. The SMILES string of the molecule is CCNC(=O)N1CC(C(=O)NCc2ccco2)CCC1c1cccc(C)c1. The Kier molecular flexibility index (Phi) is 6.16. The molecule has 1 saturated heterocycles. The van der Waals surface area contributed by atoms with E-state index >= 15 is 0 Å². The summed E-state index contributed by atoms with van der Waals surface area (Å²) >= 11 is 0. The van der Waals surface area contributed by atoms with Gasteiger partial charge in [-0.05, 0) is 44.4 Å². The number of rotatable bonds is 5. The van der Waals surface area contributed by atoms with Crippen LogP contribution in [0.1, 0.15) is 42.7 Å². The number of nitrogens with zero attached hydrogens (tertiary/aromatic N) is 1. The quantitative estimate of drug-likeness (QED) is 0.848. The van der Waals surface area contributed by atoms with Crippen LogP contribution in [-0.4, -0.2) is 29.9 Å². The maximum Gasteiger partial charge on any atom is 0.317 e. The number of aryl methyl sites for hydroxylation is 1. The number of likely N-dealkylation sites (tertiary alicyclic amines) is 1. The van der Waals surface area contributed by atoms with E-state index in [1.807, 2.05) is 32.0 Å². The van der Waals surface area contributed by atoms with E-state index in [4.69, 9.17) is 4.42 Å². The van der Waals surface area contributed by atoms with Crippen LogP contribution in [-0.2, 0) is 11.3 Å². The molecule has 1 aromatic heterocycles. The first-order valence-corrected chi connectivity index (χ1v) is 9.49. The maximum absolute atomic E-state index is 12.6. The summed E-state index contributed by atoms with van der Waals surface area (Å²) in [6.45, 7) is 5.29. The number of carbonyl (C=O) groups is 2. The second-order valence-electron chi connectivity index (χ2n) is 6.99. The van der Waals surface area contributed by atoms with Crippen molar-refractivity contribution in [2.45, 2.75) is 39.3 Å². The van der Waals surface area contributed by atoms with Crippen molar-refractivity contribution in [2.24, 2.45) is 5.92 Å². The second kappa shape index (κ2) is 8.75. The van der Waals surface area contributed by atoms with E-state index < -0.39 is 0 Å². The second-order valence-corrected chi connectivity index (χ2v) is 6.99.